The smallest absolute Gasteiger partial charge is 0.361 e. The summed E-state index contributed by atoms with van der Waals surface area (Å²) in [7, 11) is -3.11. The second kappa shape index (κ2) is 14.8. The van der Waals surface area contributed by atoms with E-state index in [1.807, 2.05) is 0 Å². The van der Waals surface area contributed by atoms with Crippen LogP contribution < -0.4 is 16.0 Å². The van der Waals surface area contributed by atoms with Crippen molar-refractivity contribution in [3.05, 3.63) is 71.4 Å². The van der Waals surface area contributed by atoms with Crippen LogP contribution in [0.5, 0.6) is 0 Å². The Morgan fingerprint density at radius 3 is 2.21 bits per heavy atom. The number of hydrogen-bond donors (Lipinski definition) is 5. The molecule has 1 saturated heterocycles. The topological polar surface area (TPSA) is 181 Å². The Morgan fingerprint density at radius 2 is 1.57 bits per heavy atom. The number of aromatic nitrogens is 1. The van der Waals surface area contributed by atoms with Crippen molar-refractivity contribution in [2.24, 2.45) is 0 Å². The molecule has 1 aromatic heterocycles. The third kappa shape index (κ3) is 9.40. The zero-order valence-corrected chi connectivity index (χ0v) is 26.3. The Hall–Kier alpha value is -4.73. The van der Waals surface area contributed by atoms with Gasteiger partial charge in [0.1, 0.15) is 17.9 Å². The van der Waals surface area contributed by atoms with Crippen molar-refractivity contribution in [2.75, 3.05) is 31.1 Å². The number of carbonyl (C=O) groups is 4. The Labute approximate surface area is 268 Å². The minimum absolute atomic E-state index is 0.00941. The van der Waals surface area contributed by atoms with E-state index >= 15 is 0 Å². The first-order chi connectivity index (χ1) is 22.2. The summed E-state index contributed by atoms with van der Waals surface area (Å²) in [4.78, 5) is 54.8. The summed E-state index contributed by atoms with van der Waals surface area (Å²) in [5, 5.41) is 16.0. The third-order valence-corrected chi connectivity index (χ3v) is 9.36. The molecule has 0 radical (unpaired) electrons. The Morgan fingerprint density at radius 1 is 0.936 bits per heavy atom. The molecule has 1 fully saturated rings. The van der Waals surface area contributed by atoms with Gasteiger partial charge >= 0.3 is 6.18 Å². The summed E-state index contributed by atoms with van der Waals surface area (Å²) in [6.45, 7) is 1.23. The number of aromatic amines is 1. The van der Waals surface area contributed by atoms with Gasteiger partial charge in [0.05, 0.1) is 18.1 Å². The molecule has 47 heavy (non-hydrogen) atoms. The van der Waals surface area contributed by atoms with Crippen molar-refractivity contribution in [1.29, 1.82) is 5.41 Å². The molecule has 2 aromatic carbocycles. The van der Waals surface area contributed by atoms with Gasteiger partial charge in [-0.05, 0) is 17.2 Å². The van der Waals surface area contributed by atoms with Crippen LogP contribution in [-0.4, -0.2) is 97.0 Å². The number of H-pyrrole nitrogens is 1. The molecule has 252 valence electrons. The Bertz CT molecular complexity index is 1740. The maximum absolute atomic E-state index is 13.4. The predicted octanol–water partition coefficient (Wildman–Crippen LogP) is 1.64. The zero-order chi connectivity index (χ0) is 34.4. The fourth-order valence-corrected chi connectivity index (χ4v) is 6.32. The van der Waals surface area contributed by atoms with Crippen molar-refractivity contribution in [2.45, 2.75) is 44.4 Å². The lowest BCUT2D eigenvalue weighted by Crippen LogP contribution is -2.53. The number of fused-ring (bicyclic) bond motifs is 1. The SMILES string of the molecule is CCC(=O)NC(Cc1ccc(C(=N)N2CCS(=O)(=O)CC2)cc1)C(=O)NCC(=O)NC(Cc1c[nH]c2ccccc12)C(=O)C(F)(F)F. The van der Waals surface area contributed by atoms with Crippen molar-refractivity contribution in [1.82, 2.24) is 25.8 Å². The summed E-state index contributed by atoms with van der Waals surface area (Å²) >= 11 is 0. The fraction of sp³-hybridized carbons (Fsp3) is 0.387. The van der Waals surface area contributed by atoms with Crippen molar-refractivity contribution < 1.29 is 40.8 Å². The predicted molar refractivity (Wildman–Crippen MR) is 167 cm³/mol. The third-order valence-electron chi connectivity index (χ3n) is 7.75. The lowest BCUT2D eigenvalue weighted by atomic mass is 10.0. The molecular formula is C31H35F3N6O6S. The largest absolute Gasteiger partial charge is 0.452 e. The van der Waals surface area contributed by atoms with E-state index in [0.717, 1.165) is 0 Å². The Balaban J connectivity index is 1.39. The molecule has 1 aliphatic rings. The van der Waals surface area contributed by atoms with Gasteiger partial charge in [-0.15, -0.1) is 0 Å². The van der Waals surface area contributed by atoms with Crippen molar-refractivity contribution in [3.8, 4) is 0 Å². The van der Waals surface area contributed by atoms with Gasteiger partial charge in [-0.3, -0.25) is 24.6 Å². The van der Waals surface area contributed by atoms with Gasteiger partial charge in [-0.25, -0.2) is 8.42 Å². The molecule has 3 amide bonds. The van der Waals surface area contributed by atoms with E-state index in [2.05, 4.69) is 20.9 Å². The maximum Gasteiger partial charge on any atom is 0.452 e. The number of sulfone groups is 1. The second-order valence-corrected chi connectivity index (χ2v) is 13.4. The normalized spacial score (nSPS) is 15.8. The molecule has 0 spiro atoms. The highest BCUT2D eigenvalue weighted by atomic mass is 32.2. The van der Waals surface area contributed by atoms with Crippen LogP contribution in [0.25, 0.3) is 10.9 Å². The fourth-order valence-electron chi connectivity index (χ4n) is 5.12. The molecule has 0 saturated carbocycles. The first-order valence-electron chi connectivity index (χ1n) is 14.8. The molecule has 2 heterocycles. The molecule has 0 aliphatic carbocycles. The van der Waals surface area contributed by atoms with Gasteiger partial charge in [0.15, 0.2) is 9.84 Å². The van der Waals surface area contributed by atoms with E-state index in [-0.39, 0.29) is 43.3 Å². The number of Topliss-reactive ketones (excluding diaryl/α,β-unsaturated/α-hetero) is 1. The number of carbonyl (C=O) groups excluding carboxylic acids is 4. The quantitative estimate of drug-likeness (QED) is 0.143. The highest BCUT2D eigenvalue weighted by Crippen LogP contribution is 2.23. The molecule has 2 unspecified atom stereocenters. The van der Waals surface area contributed by atoms with Crippen LogP contribution in [0.2, 0.25) is 0 Å². The number of alkyl halides is 3. The molecule has 1 aliphatic heterocycles. The van der Waals surface area contributed by atoms with Crippen molar-refractivity contribution >= 4 is 50.1 Å². The van der Waals surface area contributed by atoms with Crippen LogP contribution in [0, 0.1) is 5.41 Å². The number of para-hydroxylation sites is 1. The van der Waals surface area contributed by atoms with E-state index in [1.165, 1.54) is 6.20 Å². The van der Waals surface area contributed by atoms with Crippen LogP contribution in [0.15, 0.2) is 54.7 Å². The van der Waals surface area contributed by atoms with Crippen LogP contribution in [0.3, 0.4) is 0 Å². The number of benzene rings is 2. The molecule has 5 N–H and O–H groups in total. The first kappa shape index (κ1) is 35.1. The van der Waals surface area contributed by atoms with Crippen LogP contribution in [0.4, 0.5) is 13.2 Å². The number of nitrogens with zero attached hydrogens (tertiary/aromatic N) is 1. The molecule has 0 bridgehead atoms. The summed E-state index contributed by atoms with van der Waals surface area (Å²) in [5.41, 5.74) is 2.16. The van der Waals surface area contributed by atoms with E-state index in [9.17, 15) is 40.8 Å². The molecule has 4 rings (SSSR count). The van der Waals surface area contributed by atoms with E-state index < -0.39 is 64.6 Å². The van der Waals surface area contributed by atoms with Crippen LogP contribution in [0.1, 0.15) is 30.0 Å². The number of amidine groups is 1. The standard InChI is InChI=1S/C31H35F3N6O6S/c1-2-26(41)39-25(15-19-7-9-20(10-8-19)29(35)40-11-13-47(45,46)14-12-40)30(44)37-18-27(42)38-24(28(43)31(32,33)34)16-21-17-36-23-6-4-3-5-22(21)23/h3-10,17,24-25,35-36H,2,11-16,18H2,1H3,(H,37,44)(H,38,42)(H,39,41). The van der Waals surface area contributed by atoms with Crippen LogP contribution >= 0.6 is 0 Å². The van der Waals surface area contributed by atoms with Gasteiger partial charge in [0.2, 0.25) is 17.7 Å². The number of nitrogens with one attached hydrogen (secondary N) is 5. The number of ketones is 1. The van der Waals surface area contributed by atoms with E-state index in [1.54, 1.807) is 60.4 Å². The molecule has 12 nitrogen and oxygen atoms in total. The zero-order valence-electron chi connectivity index (χ0n) is 25.4. The lowest BCUT2D eigenvalue weighted by Gasteiger charge is -2.29. The van der Waals surface area contributed by atoms with Crippen LogP contribution in [-0.2, 0) is 41.9 Å². The highest BCUT2D eigenvalue weighted by Gasteiger charge is 2.44. The van der Waals surface area contributed by atoms with Gasteiger partial charge in [-0.2, -0.15) is 13.2 Å². The minimum atomic E-state index is -5.22. The minimum Gasteiger partial charge on any atom is -0.361 e. The van der Waals surface area contributed by atoms with E-state index in [0.29, 0.717) is 27.6 Å². The van der Waals surface area contributed by atoms with E-state index in [4.69, 9.17) is 5.41 Å². The summed E-state index contributed by atoms with van der Waals surface area (Å²) in [6, 6.07) is 10.3. The first-order valence-corrected chi connectivity index (χ1v) is 16.6. The second-order valence-electron chi connectivity index (χ2n) is 11.1. The number of rotatable bonds is 12. The van der Waals surface area contributed by atoms with Gasteiger partial charge < -0.3 is 25.8 Å². The number of hydrogen-bond acceptors (Lipinski definition) is 7. The maximum atomic E-state index is 13.4. The summed E-state index contributed by atoms with van der Waals surface area (Å²) in [6.07, 6.45) is -4.15. The van der Waals surface area contributed by atoms with Crippen molar-refractivity contribution in [3.63, 3.8) is 0 Å². The Kier molecular flexibility index (Phi) is 11.1. The van der Waals surface area contributed by atoms with Gasteiger partial charge in [0, 0.05) is 55.0 Å². The number of halogens is 3. The molecule has 16 heteroatoms. The molecular weight excluding hydrogens is 641 g/mol. The van der Waals surface area contributed by atoms with Gasteiger partial charge in [-0.1, -0.05) is 49.4 Å². The van der Waals surface area contributed by atoms with Gasteiger partial charge in [0.25, 0.3) is 5.78 Å². The average molecular weight is 677 g/mol. The highest BCUT2D eigenvalue weighted by molar-refractivity contribution is 7.91. The summed E-state index contributed by atoms with van der Waals surface area (Å²) < 4.78 is 63.7. The monoisotopic (exact) mass is 676 g/mol. The lowest BCUT2D eigenvalue weighted by molar-refractivity contribution is -0.173. The molecule has 2 atom stereocenters. The number of amides is 3. The summed E-state index contributed by atoms with van der Waals surface area (Å²) in [5.74, 6) is -4.33. The molecule has 3 aromatic rings. The average Bonchev–Trinajstić information content (AvgIpc) is 3.44.